The van der Waals surface area contributed by atoms with Gasteiger partial charge in [-0.15, -0.1) is 0 Å². The van der Waals surface area contributed by atoms with Crippen molar-refractivity contribution >= 4 is 5.91 Å². The Bertz CT molecular complexity index is 187. The Morgan fingerprint density at radius 3 is 1.94 bits per heavy atom. The monoisotopic (exact) mass is 256 g/mol. The number of carbonyl (C=O) groups excluding carboxylic acids is 1. The van der Waals surface area contributed by atoms with E-state index in [4.69, 9.17) is 0 Å². The molecular weight excluding hydrogens is 224 g/mol. The lowest BCUT2D eigenvalue weighted by molar-refractivity contribution is -0.121. The van der Waals surface area contributed by atoms with Gasteiger partial charge in [0, 0.05) is 13.0 Å². The number of hydrogen-bond donors (Lipinski definition) is 1. The summed E-state index contributed by atoms with van der Waals surface area (Å²) < 4.78 is 0. The van der Waals surface area contributed by atoms with Crippen molar-refractivity contribution < 1.29 is 4.79 Å². The molecule has 0 aliphatic rings. The molecule has 1 amide bonds. The molecule has 0 radical (unpaired) electrons. The summed E-state index contributed by atoms with van der Waals surface area (Å²) in [6.07, 6.45) is 7.76. The SMILES string of the molecule is CCCCN(CCCC)CCCNC(=O)CCC. The molecule has 0 saturated heterocycles. The van der Waals surface area contributed by atoms with E-state index in [2.05, 4.69) is 24.1 Å². The molecule has 0 aromatic rings. The van der Waals surface area contributed by atoms with Crippen LogP contribution in [0.15, 0.2) is 0 Å². The van der Waals surface area contributed by atoms with Gasteiger partial charge in [0.1, 0.15) is 0 Å². The summed E-state index contributed by atoms with van der Waals surface area (Å²) in [7, 11) is 0. The van der Waals surface area contributed by atoms with Crippen molar-refractivity contribution in [2.24, 2.45) is 0 Å². The molecule has 0 fully saturated rings. The second kappa shape index (κ2) is 12.9. The Morgan fingerprint density at radius 2 is 1.44 bits per heavy atom. The summed E-state index contributed by atoms with van der Waals surface area (Å²) in [4.78, 5) is 13.8. The summed E-state index contributed by atoms with van der Waals surface area (Å²) in [6.45, 7) is 10.9. The molecule has 1 N–H and O–H groups in total. The molecule has 18 heavy (non-hydrogen) atoms. The van der Waals surface area contributed by atoms with Crippen LogP contribution in [0.4, 0.5) is 0 Å². The third kappa shape index (κ3) is 10.6. The minimum Gasteiger partial charge on any atom is -0.356 e. The minimum atomic E-state index is 0.200. The fourth-order valence-electron chi connectivity index (χ4n) is 1.94. The van der Waals surface area contributed by atoms with E-state index in [1.807, 2.05) is 6.92 Å². The maximum absolute atomic E-state index is 11.3. The zero-order chi connectivity index (χ0) is 13.6. The van der Waals surface area contributed by atoms with E-state index < -0.39 is 0 Å². The summed E-state index contributed by atoms with van der Waals surface area (Å²) in [5.41, 5.74) is 0. The topological polar surface area (TPSA) is 32.3 Å². The van der Waals surface area contributed by atoms with E-state index in [0.29, 0.717) is 6.42 Å². The fraction of sp³-hybridized carbons (Fsp3) is 0.933. The van der Waals surface area contributed by atoms with E-state index in [-0.39, 0.29) is 5.91 Å². The number of rotatable bonds is 12. The van der Waals surface area contributed by atoms with Crippen LogP contribution in [0.25, 0.3) is 0 Å². The van der Waals surface area contributed by atoms with Gasteiger partial charge in [-0.1, -0.05) is 33.6 Å². The molecule has 0 aromatic heterocycles. The maximum Gasteiger partial charge on any atom is 0.219 e. The third-order valence-electron chi connectivity index (χ3n) is 3.11. The van der Waals surface area contributed by atoms with Crippen LogP contribution >= 0.6 is 0 Å². The smallest absolute Gasteiger partial charge is 0.219 e. The van der Waals surface area contributed by atoms with Crippen LogP contribution in [0.5, 0.6) is 0 Å². The van der Waals surface area contributed by atoms with Crippen LogP contribution in [0.3, 0.4) is 0 Å². The van der Waals surface area contributed by atoms with Crippen LogP contribution in [-0.4, -0.2) is 37.0 Å². The molecule has 0 atom stereocenters. The normalized spacial score (nSPS) is 10.9. The number of amides is 1. The van der Waals surface area contributed by atoms with Gasteiger partial charge in [-0.2, -0.15) is 0 Å². The highest BCUT2D eigenvalue weighted by Gasteiger charge is 2.04. The zero-order valence-corrected chi connectivity index (χ0v) is 12.6. The molecular formula is C15H32N2O. The van der Waals surface area contributed by atoms with Gasteiger partial charge in [0.25, 0.3) is 0 Å². The molecule has 0 rings (SSSR count). The van der Waals surface area contributed by atoms with E-state index in [0.717, 1.165) is 25.9 Å². The van der Waals surface area contributed by atoms with E-state index in [9.17, 15) is 4.79 Å². The molecule has 0 aliphatic carbocycles. The molecule has 3 heteroatoms. The first kappa shape index (κ1) is 17.4. The largest absolute Gasteiger partial charge is 0.356 e. The standard InChI is InChI=1S/C15H32N2O/c1-4-7-12-17(13-8-5-2)14-9-11-16-15(18)10-6-3/h4-14H2,1-3H3,(H,16,18). The lowest BCUT2D eigenvalue weighted by atomic mass is 10.2. The van der Waals surface area contributed by atoms with Gasteiger partial charge in [-0.05, 0) is 45.3 Å². The van der Waals surface area contributed by atoms with Crippen molar-refractivity contribution in [1.82, 2.24) is 10.2 Å². The van der Waals surface area contributed by atoms with Crippen molar-refractivity contribution in [3.63, 3.8) is 0 Å². The fourth-order valence-corrected chi connectivity index (χ4v) is 1.94. The molecule has 0 saturated carbocycles. The quantitative estimate of drug-likeness (QED) is 0.544. The molecule has 0 aromatic carbocycles. The van der Waals surface area contributed by atoms with Crippen molar-refractivity contribution in [3.05, 3.63) is 0 Å². The summed E-state index contributed by atoms with van der Waals surface area (Å²) in [6, 6.07) is 0. The average Bonchev–Trinajstić information content (AvgIpc) is 2.37. The van der Waals surface area contributed by atoms with E-state index >= 15 is 0 Å². The predicted octanol–water partition coefficient (Wildman–Crippen LogP) is 3.20. The Labute approximate surface area is 113 Å². The number of nitrogens with one attached hydrogen (secondary N) is 1. The van der Waals surface area contributed by atoms with Gasteiger partial charge in [0.15, 0.2) is 0 Å². The van der Waals surface area contributed by atoms with Crippen molar-refractivity contribution in [3.8, 4) is 0 Å². The second-order valence-electron chi connectivity index (χ2n) is 5.00. The highest BCUT2D eigenvalue weighted by Crippen LogP contribution is 2.00. The first-order chi connectivity index (χ1) is 8.74. The first-order valence-electron chi connectivity index (χ1n) is 7.73. The van der Waals surface area contributed by atoms with Gasteiger partial charge in [-0.25, -0.2) is 0 Å². The van der Waals surface area contributed by atoms with Gasteiger partial charge in [0.05, 0.1) is 0 Å². The molecule has 108 valence electrons. The van der Waals surface area contributed by atoms with E-state index in [1.165, 1.54) is 38.8 Å². The van der Waals surface area contributed by atoms with Gasteiger partial charge < -0.3 is 10.2 Å². The van der Waals surface area contributed by atoms with Gasteiger partial charge in [-0.3, -0.25) is 4.79 Å². The van der Waals surface area contributed by atoms with Crippen LogP contribution in [0, 0.1) is 0 Å². The van der Waals surface area contributed by atoms with Gasteiger partial charge >= 0.3 is 0 Å². The lowest BCUT2D eigenvalue weighted by Gasteiger charge is -2.21. The highest BCUT2D eigenvalue weighted by atomic mass is 16.1. The Morgan fingerprint density at radius 1 is 0.889 bits per heavy atom. The Balaban J connectivity index is 3.63. The van der Waals surface area contributed by atoms with Crippen molar-refractivity contribution in [2.45, 2.75) is 65.7 Å². The molecule has 3 nitrogen and oxygen atoms in total. The highest BCUT2D eigenvalue weighted by molar-refractivity contribution is 5.75. The van der Waals surface area contributed by atoms with Crippen LogP contribution in [0.2, 0.25) is 0 Å². The summed E-state index contributed by atoms with van der Waals surface area (Å²) in [5, 5.41) is 2.99. The summed E-state index contributed by atoms with van der Waals surface area (Å²) in [5.74, 6) is 0.200. The number of carbonyl (C=O) groups is 1. The predicted molar refractivity (Wildman–Crippen MR) is 78.8 cm³/mol. The number of hydrogen-bond acceptors (Lipinski definition) is 2. The molecule has 0 spiro atoms. The molecule has 0 bridgehead atoms. The average molecular weight is 256 g/mol. The second-order valence-corrected chi connectivity index (χ2v) is 5.00. The van der Waals surface area contributed by atoms with E-state index in [1.54, 1.807) is 0 Å². The maximum atomic E-state index is 11.3. The Kier molecular flexibility index (Phi) is 12.5. The minimum absolute atomic E-state index is 0.200. The zero-order valence-electron chi connectivity index (χ0n) is 12.6. The molecule has 0 aliphatic heterocycles. The van der Waals surface area contributed by atoms with Crippen LogP contribution in [-0.2, 0) is 4.79 Å². The lowest BCUT2D eigenvalue weighted by Crippen LogP contribution is -2.31. The van der Waals surface area contributed by atoms with Crippen LogP contribution in [0.1, 0.15) is 65.7 Å². The molecule has 0 heterocycles. The Hall–Kier alpha value is -0.570. The first-order valence-corrected chi connectivity index (χ1v) is 7.73. The van der Waals surface area contributed by atoms with Crippen LogP contribution < -0.4 is 5.32 Å². The summed E-state index contributed by atoms with van der Waals surface area (Å²) >= 11 is 0. The number of unbranched alkanes of at least 4 members (excludes halogenated alkanes) is 2. The molecule has 0 unspecified atom stereocenters. The van der Waals surface area contributed by atoms with Gasteiger partial charge in [0.2, 0.25) is 5.91 Å². The van der Waals surface area contributed by atoms with Crippen molar-refractivity contribution in [2.75, 3.05) is 26.2 Å². The van der Waals surface area contributed by atoms with Crippen molar-refractivity contribution in [1.29, 1.82) is 0 Å². The third-order valence-corrected chi connectivity index (χ3v) is 3.11. The number of nitrogens with zero attached hydrogens (tertiary/aromatic N) is 1.